The minimum atomic E-state index is -1.48. The molecule has 3 rings (SSSR count). The van der Waals surface area contributed by atoms with Gasteiger partial charge in [0.05, 0.1) is 0 Å². The minimum absolute atomic E-state index is 0.0391. The first-order valence-electron chi connectivity index (χ1n) is 11.3. The zero-order valence-electron chi connectivity index (χ0n) is 18.9. The summed E-state index contributed by atoms with van der Waals surface area (Å²) in [6.07, 6.45) is 3.33. The van der Waals surface area contributed by atoms with E-state index >= 15 is 0 Å². The molecule has 6 heteroatoms. The first-order valence-corrected chi connectivity index (χ1v) is 11.3. The van der Waals surface area contributed by atoms with E-state index in [0.29, 0.717) is 25.7 Å². The van der Waals surface area contributed by atoms with Crippen molar-refractivity contribution in [3.63, 3.8) is 0 Å². The van der Waals surface area contributed by atoms with Gasteiger partial charge in [-0.15, -0.1) is 0 Å². The first kappa shape index (κ1) is 24.0. The molecule has 172 valence electrons. The Balaban J connectivity index is 1.45. The molecule has 0 aliphatic heterocycles. The van der Waals surface area contributed by atoms with Crippen LogP contribution in [0.4, 0.5) is 0 Å². The van der Waals surface area contributed by atoms with Crippen LogP contribution < -0.4 is 10.6 Å². The van der Waals surface area contributed by atoms with E-state index in [1.54, 1.807) is 0 Å². The zero-order chi connectivity index (χ0) is 23.2. The predicted molar refractivity (Wildman–Crippen MR) is 124 cm³/mol. The Morgan fingerprint density at radius 1 is 0.719 bits per heavy atom. The van der Waals surface area contributed by atoms with Crippen molar-refractivity contribution in [1.29, 1.82) is 0 Å². The Morgan fingerprint density at radius 2 is 1.03 bits per heavy atom. The molecule has 0 aromatic heterocycles. The maximum atomic E-state index is 12.6. The first-order chi connectivity index (χ1) is 15.2. The lowest BCUT2D eigenvalue weighted by Crippen LogP contribution is -2.53. The van der Waals surface area contributed by atoms with Crippen molar-refractivity contribution in [2.45, 2.75) is 75.7 Å². The summed E-state index contributed by atoms with van der Waals surface area (Å²) in [5.41, 5.74) is -1.16. The number of aliphatic hydroxyl groups is 2. The molecule has 0 spiro atoms. The fraction of sp³-hybridized carbons (Fsp3) is 0.462. The quantitative estimate of drug-likeness (QED) is 0.509. The van der Waals surface area contributed by atoms with E-state index in [4.69, 9.17) is 0 Å². The van der Waals surface area contributed by atoms with Gasteiger partial charge in [-0.3, -0.25) is 9.59 Å². The number of amides is 2. The summed E-state index contributed by atoms with van der Waals surface area (Å²) in [5, 5.41) is 27.2. The lowest BCUT2D eigenvalue weighted by molar-refractivity contribution is -0.140. The lowest BCUT2D eigenvalue weighted by Gasteiger charge is -2.33. The SMILES string of the molecule is CC(O)(Cc1ccccc1)C(=O)NC1CCC(NC(=O)C(C)(O)Cc2ccccc2)CC1. The smallest absolute Gasteiger partial charge is 0.252 e. The van der Waals surface area contributed by atoms with Gasteiger partial charge in [-0.25, -0.2) is 0 Å². The molecule has 0 heterocycles. The summed E-state index contributed by atoms with van der Waals surface area (Å²) in [6, 6.07) is 18.8. The summed E-state index contributed by atoms with van der Waals surface area (Å²) in [5.74, 6) is -0.751. The molecule has 1 aliphatic carbocycles. The van der Waals surface area contributed by atoms with Gasteiger partial charge in [0.2, 0.25) is 0 Å². The molecular weight excluding hydrogens is 404 g/mol. The van der Waals surface area contributed by atoms with Gasteiger partial charge in [-0.05, 0) is 50.7 Å². The van der Waals surface area contributed by atoms with Crippen molar-refractivity contribution in [1.82, 2.24) is 10.6 Å². The fourth-order valence-corrected chi connectivity index (χ4v) is 4.21. The van der Waals surface area contributed by atoms with Crippen LogP contribution in [0.15, 0.2) is 60.7 Å². The Morgan fingerprint density at radius 3 is 1.34 bits per heavy atom. The molecule has 0 radical (unpaired) electrons. The van der Waals surface area contributed by atoms with Crippen molar-refractivity contribution in [3.8, 4) is 0 Å². The van der Waals surface area contributed by atoms with E-state index in [2.05, 4.69) is 10.6 Å². The molecule has 6 nitrogen and oxygen atoms in total. The Bertz CT molecular complexity index is 813. The average molecular weight is 439 g/mol. The van der Waals surface area contributed by atoms with Gasteiger partial charge < -0.3 is 20.8 Å². The van der Waals surface area contributed by atoms with Gasteiger partial charge in [0.25, 0.3) is 11.8 Å². The molecule has 2 atom stereocenters. The van der Waals surface area contributed by atoms with E-state index in [1.807, 2.05) is 60.7 Å². The van der Waals surface area contributed by atoms with Crippen LogP contribution in [-0.4, -0.2) is 45.3 Å². The van der Waals surface area contributed by atoms with Gasteiger partial charge >= 0.3 is 0 Å². The van der Waals surface area contributed by atoms with Crippen LogP contribution in [0, 0.1) is 0 Å². The molecule has 0 bridgehead atoms. The van der Waals surface area contributed by atoms with E-state index in [9.17, 15) is 19.8 Å². The number of hydrogen-bond acceptors (Lipinski definition) is 4. The minimum Gasteiger partial charge on any atom is -0.380 e. The van der Waals surface area contributed by atoms with E-state index in [1.165, 1.54) is 13.8 Å². The highest BCUT2D eigenvalue weighted by Crippen LogP contribution is 2.22. The Labute approximate surface area is 190 Å². The van der Waals surface area contributed by atoms with Gasteiger partial charge in [0.1, 0.15) is 11.2 Å². The highest BCUT2D eigenvalue weighted by molar-refractivity contribution is 5.85. The third kappa shape index (κ3) is 6.65. The maximum absolute atomic E-state index is 12.6. The molecule has 32 heavy (non-hydrogen) atoms. The molecule has 2 amide bonds. The lowest BCUT2D eigenvalue weighted by atomic mass is 9.88. The topological polar surface area (TPSA) is 98.7 Å². The van der Waals surface area contributed by atoms with Gasteiger partial charge in [0.15, 0.2) is 0 Å². The third-order valence-electron chi connectivity index (χ3n) is 6.16. The zero-order valence-corrected chi connectivity index (χ0v) is 18.9. The van der Waals surface area contributed by atoms with Crippen LogP contribution in [0.5, 0.6) is 0 Å². The van der Waals surface area contributed by atoms with Crippen molar-refractivity contribution in [2.24, 2.45) is 0 Å². The Kier molecular flexibility index (Phi) is 7.69. The highest BCUT2D eigenvalue weighted by atomic mass is 16.3. The number of carbonyl (C=O) groups is 2. The molecule has 2 aromatic rings. The number of rotatable bonds is 8. The summed E-state index contributed by atoms with van der Waals surface area (Å²) < 4.78 is 0. The van der Waals surface area contributed by atoms with Crippen molar-refractivity contribution in [3.05, 3.63) is 71.8 Å². The van der Waals surface area contributed by atoms with Gasteiger partial charge in [-0.2, -0.15) is 0 Å². The molecular formula is C26H34N2O4. The molecule has 1 saturated carbocycles. The van der Waals surface area contributed by atoms with Crippen LogP contribution in [-0.2, 0) is 22.4 Å². The number of benzene rings is 2. The van der Waals surface area contributed by atoms with Crippen LogP contribution >= 0.6 is 0 Å². The molecule has 1 aliphatic rings. The predicted octanol–water partition coefficient (Wildman–Crippen LogP) is 2.52. The number of carbonyl (C=O) groups excluding carboxylic acids is 2. The van der Waals surface area contributed by atoms with E-state index < -0.39 is 11.2 Å². The monoisotopic (exact) mass is 438 g/mol. The van der Waals surface area contributed by atoms with Crippen LogP contribution in [0.2, 0.25) is 0 Å². The summed E-state index contributed by atoms with van der Waals surface area (Å²) in [6.45, 7) is 3.08. The van der Waals surface area contributed by atoms with E-state index in [-0.39, 0.29) is 36.7 Å². The second-order valence-corrected chi connectivity index (χ2v) is 9.37. The summed E-state index contributed by atoms with van der Waals surface area (Å²) in [4.78, 5) is 25.3. The number of nitrogens with one attached hydrogen (secondary N) is 2. The standard InChI is InChI=1S/C26H34N2O4/c1-25(31,17-19-9-5-3-6-10-19)23(29)27-21-13-15-22(16-14-21)28-24(30)26(2,32)18-20-11-7-4-8-12-20/h3-12,21-22,31-32H,13-18H2,1-2H3,(H,27,29)(H,28,30). The highest BCUT2D eigenvalue weighted by Gasteiger charge is 2.35. The fourth-order valence-electron chi connectivity index (χ4n) is 4.21. The van der Waals surface area contributed by atoms with Crippen LogP contribution in [0.25, 0.3) is 0 Å². The molecule has 2 unspecified atom stereocenters. The van der Waals surface area contributed by atoms with Crippen molar-refractivity contribution >= 4 is 11.8 Å². The second-order valence-electron chi connectivity index (χ2n) is 9.37. The van der Waals surface area contributed by atoms with Crippen LogP contribution in [0.1, 0.15) is 50.7 Å². The molecule has 4 N–H and O–H groups in total. The maximum Gasteiger partial charge on any atom is 0.252 e. The molecule has 2 aromatic carbocycles. The summed E-state index contributed by atoms with van der Waals surface area (Å²) >= 11 is 0. The van der Waals surface area contributed by atoms with E-state index in [0.717, 1.165) is 11.1 Å². The summed E-state index contributed by atoms with van der Waals surface area (Å²) in [7, 11) is 0. The van der Waals surface area contributed by atoms with Crippen molar-refractivity contribution < 1.29 is 19.8 Å². The Hall–Kier alpha value is -2.70. The average Bonchev–Trinajstić information content (AvgIpc) is 2.76. The van der Waals surface area contributed by atoms with Crippen molar-refractivity contribution in [2.75, 3.05) is 0 Å². The third-order valence-corrected chi connectivity index (χ3v) is 6.16. The van der Waals surface area contributed by atoms with Gasteiger partial charge in [0, 0.05) is 24.9 Å². The number of hydrogen-bond donors (Lipinski definition) is 4. The normalized spacial score (nSPS) is 22.2. The second kappa shape index (κ2) is 10.3. The largest absolute Gasteiger partial charge is 0.380 e. The van der Waals surface area contributed by atoms with Crippen LogP contribution in [0.3, 0.4) is 0 Å². The molecule has 1 fully saturated rings. The van der Waals surface area contributed by atoms with Gasteiger partial charge in [-0.1, -0.05) is 60.7 Å². The molecule has 0 saturated heterocycles.